The topological polar surface area (TPSA) is 66.6 Å². The summed E-state index contributed by atoms with van der Waals surface area (Å²) in [6, 6.07) is 8.41. The van der Waals surface area contributed by atoms with Gasteiger partial charge in [0.2, 0.25) is 5.91 Å². The number of aromatic nitrogens is 4. The predicted octanol–water partition coefficient (Wildman–Crippen LogP) is 2.80. The van der Waals surface area contributed by atoms with Gasteiger partial charge in [0.05, 0.1) is 5.75 Å². The van der Waals surface area contributed by atoms with Gasteiger partial charge >= 0.3 is 0 Å². The molecule has 1 aliphatic rings. The second-order valence-corrected chi connectivity index (χ2v) is 8.47. The molecule has 3 heterocycles. The number of nitrogens with zero attached hydrogens (tertiary/aromatic N) is 6. The predicted molar refractivity (Wildman–Crippen MR) is 116 cm³/mol. The monoisotopic (exact) mass is 410 g/mol. The molecule has 0 bridgehead atoms. The van der Waals surface area contributed by atoms with Crippen molar-refractivity contribution in [1.82, 2.24) is 24.5 Å². The van der Waals surface area contributed by atoms with Crippen molar-refractivity contribution >= 4 is 29.1 Å². The van der Waals surface area contributed by atoms with E-state index in [4.69, 9.17) is 0 Å². The number of carbonyl (C=O) groups excluding carboxylic acids is 1. The average molecular weight is 411 g/mol. The minimum absolute atomic E-state index is 0.144. The van der Waals surface area contributed by atoms with Crippen molar-refractivity contribution < 1.29 is 4.79 Å². The highest BCUT2D eigenvalue weighted by Gasteiger charge is 2.23. The van der Waals surface area contributed by atoms with Gasteiger partial charge in [0, 0.05) is 43.3 Å². The Morgan fingerprint density at radius 1 is 1.07 bits per heavy atom. The first-order valence-corrected chi connectivity index (χ1v) is 10.8. The Morgan fingerprint density at radius 2 is 1.83 bits per heavy atom. The van der Waals surface area contributed by atoms with E-state index in [-0.39, 0.29) is 5.91 Å². The first-order valence-electron chi connectivity index (χ1n) is 9.85. The molecule has 1 fully saturated rings. The summed E-state index contributed by atoms with van der Waals surface area (Å²) in [4.78, 5) is 21.5. The maximum Gasteiger partial charge on any atom is 0.256 e. The second kappa shape index (κ2) is 8.02. The average Bonchev–Trinajstić information content (AvgIpc) is 3.11. The summed E-state index contributed by atoms with van der Waals surface area (Å²) in [5, 5.41) is 9.07. The third-order valence-corrected chi connectivity index (χ3v) is 6.45. The van der Waals surface area contributed by atoms with E-state index in [1.54, 1.807) is 0 Å². The maximum absolute atomic E-state index is 12.7. The van der Waals surface area contributed by atoms with E-state index in [9.17, 15) is 4.79 Å². The smallest absolute Gasteiger partial charge is 0.256 e. The number of fused-ring (bicyclic) bond motifs is 1. The van der Waals surface area contributed by atoms with Crippen LogP contribution in [0, 0.1) is 27.7 Å². The summed E-state index contributed by atoms with van der Waals surface area (Å²) in [6.45, 7) is 11.5. The van der Waals surface area contributed by atoms with Crippen molar-refractivity contribution in [1.29, 1.82) is 0 Å². The molecule has 152 valence electrons. The molecular formula is C21H26N6OS. The quantitative estimate of drug-likeness (QED) is 0.616. The van der Waals surface area contributed by atoms with Gasteiger partial charge in [-0.15, -0.1) is 10.2 Å². The van der Waals surface area contributed by atoms with Gasteiger partial charge in [0.1, 0.15) is 0 Å². The second-order valence-electron chi connectivity index (χ2n) is 7.53. The molecule has 29 heavy (non-hydrogen) atoms. The van der Waals surface area contributed by atoms with Crippen LogP contribution in [0.1, 0.15) is 22.5 Å². The fraction of sp³-hybridized carbons (Fsp3) is 0.429. The van der Waals surface area contributed by atoms with Gasteiger partial charge < -0.3 is 9.80 Å². The van der Waals surface area contributed by atoms with Gasteiger partial charge in [-0.3, -0.25) is 9.20 Å². The summed E-state index contributed by atoms with van der Waals surface area (Å²) in [5.41, 5.74) is 5.84. The van der Waals surface area contributed by atoms with Crippen molar-refractivity contribution in [2.24, 2.45) is 0 Å². The number of anilines is 1. The maximum atomic E-state index is 12.7. The molecular weight excluding hydrogens is 384 g/mol. The number of hydrogen-bond acceptors (Lipinski definition) is 6. The number of hydrogen-bond donors (Lipinski definition) is 0. The van der Waals surface area contributed by atoms with Crippen molar-refractivity contribution in [2.45, 2.75) is 32.9 Å². The van der Waals surface area contributed by atoms with Crippen LogP contribution in [-0.4, -0.2) is 62.3 Å². The number of piperazine rings is 1. The van der Waals surface area contributed by atoms with Gasteiger partial charge in [-0.25, -0.2) is 4.98 Å². The van der Waals surface area contributed by atoms with Crippen LogP contribution in [0.5, 0.6) is 0 Å². The van der Waals surface area contributed by atoms with Crippen LogP contribution in [-0.2, 0) is 4.79 Å². The first kappa shape index (κ1) is 19.7. The van der Waals surface area contributed by atoms with E-state index in [0.29, 0.717) is 16.7 Å². The fourth-order valence-corrected chi connectivity index (χ4v) is 4.67. The zero-order chi connectivity index (χ0) is 20.5. The van der Waals surface area contributed by atoms with Crippen molar-refractivity contribution in [2.75, 3.05) is 36.8 Å². The Morgan fingerprint density at radius 3 is 2.59 bits per heavy atom. The first-order chi connectivity index (χ1) is 13.9. The van der Waals surface area contributed by atoms with Gasteiger partial charge in [-0.05, 0) is 51.0 Å². The Hall–Kier alpha value is -2.61. The van der Waals surface area contributed by atoms with E-state index in [2.05, 4.69) is 52.1 Å². The standard InChI is InChI=1S/C21H26N6OS/c1-14-6-5-7-18(17(14)4)25-8-10-26(11-9-25)19(28)13-29-21-24-23-20-22-15(2)12-16(3)27(20)21/h5-7,12H,8-11,13H2,1-4H3. The van der Waals surface area contributed by atoms with E-state index >= 15 is 0 Å². The Balaban J connectivity index is 1.37. The number of rotatable bonds is 4. The largest absolute Gasteiger partial charge is 0.368 e. The molecule has 2 aromatic heterocycles. The minimum Gasteiger partial charge on any atom is -0.368 e. The molecule has 7 nitrogen and oxygen atoms in total. The Bertz CT molecular complexity index is 1050. The third kappa shape index (κ3) is 3.94. The third-order valence-electron chi connectivity index (χ3n) is 5.54. The van der Waals surface area contributed by atoms with E-state index in [1.807, 2.05) is 29.2 Å². The molecule has 0 atom stereocenters. The van der Waals surface area contributed by atoms with E-state index in [0.717, 1.165) is 37.6 Å². The molecule has 0 N–H and O–H groups in total. The normalized spacial score (nSPS) is 14.6. The fourth-order valence-electron chi connectivity index (χ4n) is 3.79. The molecule has 3 aromatic rings. The Kier molecular flexibility index (Phi) is 5.45. The van der Waals surface area contributed by atoms with Crippen molar-refractivity contribution in [3.8, 4) is 0 Å². The number of carbonyl (C=O) groups is 1. The molecule has 0 aliphatic carbocycles. The van der Waals surface area contributed by atoms with Crippen LogP contribution >= 0.6 is 11.8 Å². The molecule has 0 spiro atoms. The number of amides is 1. The summed E-state index contributed by atoms with van der Waals surface area (Å²) >= 11 is 1.42. The van der Waals surface area contributed by atoms with Crippen LogP contribution in [0.4, 0.5) is 5.69 Å². The molecule has 0 saturated carbocycles. The summed E-state index contributed by atoms with van der Waals surface area (Å²) in [6.07, 6.45) is 0. The molecule has 0 unspecified atom stereocenters. The number of aryl methyl sites for hydroxylation is 3. The summed E-state index contributed by atoms with van der Waals surface area (Å²) in [7, 11) is 0. The van der Waals surface area contributed by atoms with Crippen LogP contribution in [0.25, 0.3) is 5.78 Å². The zero-order valence-corrected chi connectivity index (χ0v) is 18.2. The highest BCUT2D eigenvalue weighted by atomic mass is 32.2. The lowest BCUT2D eigenvalue weighted by Gasteiger charge is -2.37. The Labute approximate surface area is 175 Å². The van der Waals surface area contributed by atoms with E-state index < -0.39 is 0 Å². The molecule has 0 radical (unpaired) electrons. The van der Waals surface area contributed by atoms with Crippen LogP contribution in [0.15, 0.2) is 29.4 Å². The lowest BCUT2D eigenvalue weighted by atomic mass is 10.1. The summed E-state index contributed by atoms with van der Waals surface area (Å²) < 4.78 is 1.91. The van der Waals surface area contributed by atoms with Crippen molar-refractivity contribution in [3.05, 3.63) is 46.8 Å². The van der Waals surface area contributed by atoms with Gasteiger partial charge in [0.15, 0.2) is 5.16 Å². The van der Waals surface area contributed by atoms with E-state index in [1.165, 1.54) is 28.6 Å². The highest BCUT2D eigenvalue weighted by Crippen LogP contribution is 2.24. The number of thioether (sulfide) groups is 1. The lowest BCUT2D eigenvalue weighted by molar-refractivity contribution is -0.128. The highest BCUT2D eigenvalue weighted by molar-refractivity contribution is 7.99. The molecule has 4 rings (SSSR count). The lowest BCUT2D eigenvalue weighted by Crippen LogP contribution is -2.49. The molecule has 8 heteroatoms. The minimum atomic E-state index is 0.144. The van der Waals surface area contributed by atoms with Gasteiger partial charge in [-0.1, -0.05) is 23.9 Å². The van der Waals surface area contributed by atoms with Crippen LogP contribution < -0.4 is 4.90 Å². The zero-order valence-electron chi connectivity index (χ0n) is 17.3. The summed E-state index contributed by atoms with van der Waals surface area (Å²) in [5.74, 6) is 1.09. The molecule has 1 saturated heterocycles. The molecule has 1 aromatic carbocycles. The SMILES string of the molecule is Cc1cc(C)n2c(SCC(=O)N3CCN(c4cccc(C)c4C)CC3)nnc2n1. The van der Waals surface area contributed by atoms with Gasteiger partial charge in [-0.2, -0.15) is 0 Å². The van der Waals surface area contributed by atoms with Crippen molar-refractivity contribution in [3.63, 3.8) is 0 Å². The number of benzene rings is 1. The molecule has 1 aliphatic heterocycles. The van der Waals surface area contributed by atoms with Crippen LogP contribution in [0.2, 0.25) is 0 Å². The van der Waals surface area contributed by atoms with Crippen LogP contribution in [0.3, 0.4) is 0 Å². The van der Waals surface area contributed by atoms with Gasteiger partial charge in [0.25, 0.3) is 5.78 Å². The molecule has 1 amide bonds.